The molecule has 0 radical (unpaired) electrons. The molecule has 0 aliphatic heterocycles. The maximum atomic E-state index is 12.2. The van der Waals surface area contributed by atoms with Crippen molar-refractivity contribution in [2.75, 3.05) is 11.1 Å². The number of carbonyl (C=O) groups excluding carboxylic acids is 1. The molecule has 0 spiro atoms. The van der Waals surface area contributed by atoms with Gasteiger partial charge in [0.15, 0.2) is 5.16 Å². The number of anilines is 1. The fraction of sp³-hybridized carbons (Fsp3) is 0.500. The minimum absolute atomic E-state index is 0.0614. The topological polar surface area (TPSA) is 77.6 Å². The Morgan fingerprint density at radius 1 is 1.42 bits per heavy atom. The standard InChI is InChI=1S/C16H24N6OS/c1-7-8-22-11(2)18-19-15(22)24-10-14(23)17-13-9-12(16(3,4)5)20-21(13)6/h7,9H,1,8,10H2,2-6H3,(H,17,23). The molecule has 0 saturated carbocycles. The van der Waals surface area contributed by atoms with Crippen LogP contribution in [0.5, 0.6) is 0 Å². The molecule has 0 aliphatic rings. The minimum atomic E-state index is -0.103. The predicted octanol–water partition coefficient (Wildman–Crippen LogP) is 2.53. The Morgan fingerprint density at radius 2 is 2.12 bits per heavy atom. The Morgan fingerprint density at radius 3 is 2.71 bits per heavy atom. The number of rotatable bonds is 6. The SMILES string of the molecule is C=CCn1c(C)nnc1SCC(=O)Nc1cc(C(C)(C)C)nn1C. The van der Waals surface area contributed by atoms with Crippen LogP contribution in [0.25, 0.3) is 0 Å². The largest absolute Gasteiger partial charge is 0.310 e. The van der Waals surface area contributed by atoms with E-state index in [1.54, 1.807) is 10.8 Å². The summed E-state index contributed by atoms with van der Waals surface area (Å²) in [4.78, 5) is 12.2. The highest BCUT2D eigenvalue weighted by Gasteiger charge is 2.20. The number of thioether (sulfide) groups is 1. The number of carbonyl (C=O) groups is 1. The average Bonchev–Trinajstić information content (AvgIpc) is 3.02. The van der Waals surface area contributed by atoms with Crippen LogP contribution in [0, 0.1) is 6.92 Å². The molecule has 7 nitrogen and oxygen atoms in total. The molecular weight excluding hydrogens is 324 g/mol. The summed E-state index contributed by atoms with van der Waals surface area (Å²) in [6.07, 6.45) is 1.78. The molecule has 1 N–H and O–H groups in total. The van der Waals surface area contributed by atoms with Crippen molar-refractivity contribution in [3.8, 4) is 0 Å². The lowest BCUT2D eigenvalue weighted by atomic mass is 9.92. The first-order valence-corrected chi connectivity index (χ1v) is 8.69. The van der Waals surface area contributed by atoms with Crippen LogP contribution in [-0.2, 0) is 23.8 Å². The molecule has 2 aromatic rings. The van der Waals surface area contributed by atoms with E-state index in [4.69, 9.17) is 0 Å². The van der Waals surface area contributed by atoms with E-state index in [1.807, 2.05) is 24.6 Å². The van der Waals surface area contributed by atoms with Gasteiger partial charge in [0.1, 0.15) is 11.6 Å². The van der Waals surface area contributed by atoms with E-state index in [-0.39, 0.29) is 17.1 Å². The molecule has 8 heteroatoms. The predicted molar refractivity (Wildman–Crippen MR) is 96.2 cm³/mol. The van der Waals surface area contributed by atoms with Gasteiger partial charge in [-0.1, -0.05) is 38.6 Å². The van der Waals surface area contributed by atoms with E-state index >= 15 is 0 Å². The Kier molecular flexibility index (Phi) is 5.48. The van der Waals surface area contributed by atoms with Gasteiger partial charge in [-0.3, -0.25) is 9.48 Å². The van der Waals surface area contributed by atoms with Crippen molar-refractivity contribution in [2.45, 2.75) is 44.8 Å². The maximum Gasteiger partial charge on any atom is 0.235 e. The number of aromatic nitrogens is 5. The molecule has 2 rings (SSSR count). The summed E-state index contributed by atoms with van der Waals surface area (Å²) in [5.41, 5.74) is 0.878. The second-order valence-electron chi connectivity index (χ2n) is 6.55. The lowest BCUT2D eigenvalue weighted by Crippen LogP contribution is -2.16. The molecular formula is C16H24N6OS. The van der Waals surface area contributed by atoms with Gasteiger partial charge < -0.3 is 9.88 Å². The van der Waals surface area contributed by atoms with Crippen LogP contribution in [0.1, 0.15) is 32.3 Å². The van der Waals surface area contributed by atoms with Gasteiger partial charge in [0, 0.05) is 25.1 Å². The summed E-state index contributed by atoms with van der Waals surface area (Å²) in [6.45, 7) is 12.5. The van der Waals surface area contributed by atoms with Crippen molar-refractivity contribution in [1.29, 1.82) is 0 Å². The third kappa shape index (κ3) is 4.25. The molecule has 2 aromatic heterocycles. The highest BCUT2D eigenvalue weighted by molar-refractivity contribution is 7.99. The molecule has 0 aromatic carbocycles. The first kappa shape index (κ1) is 18.3. The number of hydrogen-bond donors (Lipinski definition) is 1. The summed E-state index contributed by atoms with van der Waals surface area (Å²) < 4.78 is 3.61. The molecule has 24 heavy (non-hydrogen) atoms. The van der Waals surface area contributed by atoms with E-state index in [2.05, 4.69) is 48.0 Å². The van der Waals surface area contributed by atoms with E-state index in [0.29, 0.717) is 17.5 Å². The van der Waals surface area contributed by atoms with Crippen molar-refractivity contribution < 1.29 is 4.79 Å². The van der Waals surface area contributed by atoms with Crippen LogP contribution < -0.4 is 5.32 Å². The van der Waals surface area contributed by atoms with Crippen molar-refractivity contribution >= 4 is 23.5 Å². The Labute approximate surface area is 146 Å². The monoisotopic (exact) mass is 348 g/mol. The second kappa shape index (κ2) is 7.21. The molecule has 2 heterocycles. The van der Waals surface area contributed by atoms with E-state index in [1.165, 1.54) is 11.8 Å². The fourth-order valence-corrected chi connectivity index (χ4v) is 2.86. The van der Waals surface area contributed by atoms with Crippen LogP contribution in [0.2, 0.25) is 0 Å². The van der Waals surface area contributed by atoms with Crippen LogP contribution >= 0.6 is 11.8 Å². The van der Waals surface area contributed by atoms with E-state index in [0.717, 1.165) is 11.5 Å². The van der Waals surface area contributed by atoms with Gasteiger partial charge >= 0.3 is 0 Å². The van der Waals surface area contributed by atoms with Crippen LogP contribution in [0.15, 0.2) is 23.9 Å². The summed E-state index contributed by atoms with van der Waals surface area (Å²) in [7, 11) is 1.82. The summed E-state index contributed by atoms with van der Waals surface area (Å²) >= 11 is 1.35. The Bertz CT molecular complexity index is 740. The highest BCUT2D eigenvalue weighted by Crippen LogP contribution is 2.24. The van der Waals surface area contributed by atoms with Gasteiger partial charge in [-0.15, -0.1) is 16.8 Å². The average molecular weight is 348 g/mol. The zero-order valence-corrected chi connectivity index (χ0v) is 15.6. The van der Waals surface area contributed by atoms with Crippen LogP contribution in [0.3, 0.4) is 0 Å². The lowest BCUT2D eigenvalue weighted by Gasteiger charge is -2.13. The van der Waals surface area contributed by atoms with Gasteiger partial charge in [-0.25, -0.2) is 0 Å². The maximum absolute atomic E-state index is 12.2. The molecule has 130 valence electrons. The number of nitrogens with one attached hydrogen (secondary N) is 1. The van der Waals surface area contributed by atoms with Gasteiger partial charge in [0.25, 0.3) is 0 Å². The van der Waals surface area contributed by atoms with Crippen LogP contribution in [-0.4, -0.2) is 36.2 Å². The Hall–Kier alpha value is -2.09. The Balaban J connectivity index is 1.99. The zero-order valence-electron chi connectivity index (χ0n) is 14.8. The quantitative estimate of drug-likeness (QED) is 0.641. The summed E-state index contributed by atoms with van der Waals surface area (Å²) in [5, 5.41) is 16.2. The highest BCUT2D eigenvalue weighted by atomic mass is 32.2. The smallest absolute Gasteiger partial charge is 0.235 e. The normalized spacial score (nSPS) is 11.5. The second-order valence-corrected chi connectivity index (χ2v) is 7.50. The summed E-state index contributed by atoms with van der Waals surface area (Å²) in [5.74, 6) is 1.65. The molecule has 0 bridgehead atoms. The number of allylic oxidation sites excluding steroid dienone is 1. The minimum Gasteiger partial charge on any atom is -0.310 e. The molecule has 0 unspecified atom stereocenters. The third-order valence-electron chi connectivity index (χ3n) is 3.46. The molecule has 0 atom stereocenters. The van der Waals surface area contributed by atoms with Gasteiger partial charge in [-0.05, 0) is 6.92 Å². The van der Waals surface area contributed by atoms with Crippen molar-refractivity contribution in [3.63, 3.8) is 0 Å². The molecule has 0 fully saturated rings. The van der Waals surface area contributed by atoms with E-state index in [9.17, 15) is 4.79 Å². The number of nitrogens with zero attached hydrogens (tertiary/aromatic N) is 5. The molecule has 1 amide bonds. The molecule has 0 aliphatic carbocycles. The van der Waals surface area contributed by atoms with Gasteiger partial charge in [0.05, 0.1) is 11.4 Å². The number of hydrogen-bond acceptors (Lipinski definition) is 5. The van der Waals surface area contributed by atoms with Gasteiger partial charge in [0.2, 0.25) is 5.91 Å². The third-order valence-corrected chi connectivity index (χ3v) is 4.43. The lowest BCUT2D eigenvalue weighted by molar-refractivity contribution is -0.113. The molecule has 0 saturated heterocycles. The van der Waals surface area contributed by atoms with Crippen LogP contribution in [0.4, 0.5) is 5.82 Å². The van der Waals surface area contributed by atoms with Gasteiger partial charge in [-0.2, -0.15) is 5.10 Å². The zero-order chi connectivity index (χ0) is 17.9. The fourth-order valence-electron chi connectivity index (χ4n) is 2.07. The first-order valence-electron chi connectivity index (χ1n) is 7.70. The van der Waals surface area contributed by atoms with E-state index < -0.39 is 0 Å². The van der Waals surface area contributed by atoms with Crippen molar-refractivity contribution in [3.05, 3.63) is 30.2 Å². The number of aryl methyl sites for hydroxylation is 2. The summed E-state index contributed by atoms with van der Waals surface area (Å²) in [6, 6.07) is 1.91. The number of amides is 1. The van der Waals surface area contributed by atoms with Crippen molar-refractivity contribution in [2.24, 2.45) is 7.05 Å². The van der Waals surface area contributed by atoms with Crippen molar-refractivity contribution in [1.82, 2.24) is 24.5 Å². The first-order chi connectivity index (χ1) is 11.2.